The Morgan fingerprint density at radius 2 is 1.33 bits per heavy atom. The molecule has 3 aromatic heterocycles. The maximum absolute atomic E-state index is 9.48. The first-order valence-electron chi connectivity index (χ1n) is 21.3. The van der Waals surface area contributed by atoms with Gasteiger partial charge in [-0.25, -0.2) is 4.67 Å². The van der Waals surface area contributed by atoms with Crippen LogP contribution in [0.4, 0.5) is 0 Å². The van der Waals surface area contributed by atoms with E-state index in [-0.39, 0.29) is 43.9 Å². The molecule has 326 valence electrons. The second kappa shape index (κ2) is 20.6. The van der Waals surface area contributed by atoms with Gasteiger partial charge >= 0.3 is 0 Å². The van der Waals surface area contributed by atoms with Gasteiger partial charge in [0, 0.05) is 43.9 Å². The van der Waals surface area contributed by atoms with Crippen LogP contribution >= 0.6 is 42.5 Å². The maximum Gasteiger partial charge on any atom is 0.259 e. The van der Waals surface area contributed by atoms with Crippen molar-refractivity contribution in [3.8, 4) is 37.1 Å². The molecule has 12 heteroatoms. The van der Waals surface area contributed by atoms with E-state index >= 15 is 0 Å². The first kappa shape index (κ1) is 45.1. The van der Waals surface area contributed by atoms with Crippen molar-refractivity contribution in [1.29, 1.82) is 5.26 Å². The molecule has 0 radical (unpaired) electrons. The minimum Gasteiger partial charge on any atom is -0.497 e. The molecule has 1 saturated heterocycles. The normalized spacial score (nSPS) is 17.2. The third kappa shape index (κ3) is 9.67. The molecule has 7 aromatic rings. The van der Waals surface area contributed by atoms with Crippen LogP contribution in [0, 0.1) is 11.3 Å². The number of rotatable bonds is 19. The Morgan fingerprint density at radius 3 is 1.90 bits per heavy atom. The number of methoxy groups -OCH3 is 2. The molecule has 0 bridgehead atoms. The number of benzene rings is 4. The molecular formula is C51H53N2O6PS3. The van der Waals surface area contributed by atoms with E-state index in [0.717, 1.165) is 33.1 Å². The lowest BCUT2D eigenvalue weighted by Crippen LogP contribution is -2.39. The fourth-order valence-electron chi connectivity index (χ4n) is 8.36. The van der Waals surface area contributed by atoms with Crippen molar-refractivity contribution in [2.45, 2.75) is 76.5 Å². The van der Waals surface area contributed by atoms with Crippen molar-refractivity contribution >= 4 is 53.3 Å². The van der Waals surface area contributed by atoms with Gasteiger partial charge in [0.1, 0.15) is 23.2 Å². The smallest absolute Gasteiger partial charge is 0.259 e. The molecule has 0 aliphatic carbocycles. The number of nitrogens with zero attached hydrogens (tertiary/aromatic N) is 2. The largest absolute Gasteiger partial charge is 0.497 e. The number of nitriles is 1. The van der Waals surface area contributed by atoms with E-state index in [0.29, 0.717) is 6.42 Å². The molecule has 4 aromatic carbocycles. The molecule has 0 spiro atoms. The molecular weight excluding hydrogens is 864 g/mol. The van der Waals surface area contributed by atoms with Gasteiger partial charge in [0.2, 0.25) is 0 Å². The highest BCUT2D eigenvalue weighted by molar-refractivity contribution is 7.44. The quantitative estimate of drug-likeness (QED) is 0.0451. The molecule has 1 unspecified atom stereocenters. The zero-order valence-corrected chi connectivity index (χ0v) is 39.8. The molecule has 63 heavy (non-hydrogen) atoms. The van der Waals surface area contributed by atoms with Gasteiger partial charge < -0.3 is 28.0 Å². The summed E-state index contributed by atoms with van der Waals surface area (Å²) < 4.78 is 41.8. The summed E-state index contributed by atoms with van der Waals surface area (Å²) >= 11 is 5.41. The SMILES string of the molecule is COc1ccc(C(OC[C@H]2O[C@H](c3ccc(-c4sc(-c5cccs5)c5ccccc45)s3)C[C@@H]2OP(OCCC#N)N(C(C)C)C(C)C)(c2ccccc2)c2ccc(OC)cc2)cc1. The highest BCUT2D eigenvalue weighted by Gasteiger charge is 2.45. The van der Waals surface area contributed by atoms with Gasteiger partial charge in [0.05, 0.1) is 61.9 Å². The van der Waals surface area contributed by atoms with E-state index in [1.807, 2.05) is 53.8 Å². The minimum atomic E-state index is -1.56. The van der Waals surface area contributed by atoms with Crippen molar-refractivity contribution < 1.29 is 28.0 Å². The fraction of sp³-hybridized carbons (Fsp3) is 0.314. The van der Waals surface area contributed by atoms with Crippen LogP contribution in [0.3, 0.4) is 0 Å². The highest BCUT2D eigenvalue weighted by atomic mass is 32.1. The van der Waals surface area contributed by atoms with Gasteiger partial charge in [-0.2, -0.15) is 5.26 Å². The monoisotopic (exact) mass is 916 g/mol. The summed E-state index contributed by atoms with van der Waals surface area (Å²) in [5.74, 6) is 1.51. The molecule has 8 nitrogen and oxygen atoms in total. The van der Waals surface area contributed by atoms with E-state index in [1.165, 1.54) is 30.3 Å². The number of ether oxygens (including phenoxy) is 4. The summed E-state index contributed by atoms with van der Waals surface area (Å²) in [4.78, 5) is 6.19. The highest BCUT2D eigenvalue weighted by Crippen LogP contribution is 2.53. The minimum absolute atomic E-state index is 0.140. The molecule has 1 aliphatic rings. The van der Waals surface area contributed by atoms with Gasteiger partial charge in [0.15, 0.2) is 0 Å². The van der Waals surface area contributed by atoms with E-state index in [9.17, 15) is 5.26 Å². The number of fused-ring (bicyclic) bond motifs is 1. The lowest BCUT2D eigenvalue weighted by molar-refractivity contribution is -0.0802. The molecule has 0 saturated carbocycles. The summed E-state index contributed by atoms with van der Waals surface area (Å²) in [6.45, 7) is 9.11. The van der Waals surface area contributed by atoms with Crippen LogP contribution in [-0.4, -0.2) is 56.4 Å². The second-order valence-corrected chi connectivity index (χ2v) is 20.4. The number of thiophene rings is 3. The van der Waals surface area contributed by atoms with Crippen molar-refractivity contribution in [3.63, 3.8) is 0 Å². The zero-order valence-electron chi connectivity index (χ0n) is 36.4. The molecule has 4 heterocycles. The number of hydrogen-bond donors (Lipinski definition) is 0. The van der Waals surface area contributed by atoms with Crippen molar-refractivity contribution in [3.05, 3.63) is 154 Å². The van der Waals surface area contributed by atoms with Crippen LogP contribution in [0.15, 0.2) is 133 Å². The molecule has 0 N–H and O–H groups in total. The Bertz CT molecular complexity index is 2510. The summed E-state index contributed by atoms with van der Waals surface area (Å²) in [6.07, 6.45) is -0.232. The third-order valence-corrected chi connectivity index (χ3v) is 17.0. The molecule has 4 atom stereocenters. The average molecular weight is 917 g/mol. The van der Waals surface area contributed by atoms with Crippen LogP contribution in [0.1, 0.15) is 68.2 Å². The summed E-state index contributed by atoms with van der Waals surface area (Å²) in [6, 6.07) is 46.5. The summed E-state index contributed by atoms with van der Waals surface area (Å²) in [5.41, 5.74) is 1.80. The Labute approximate surface area is 384 Å². The van der Waals surface area contributed by atoms with Crippen molar-refractivity contribution in [1.82, 2.24) is 4.67 Å². The van der Waals surface area contributed by atoms with E-state index in [1.54, 1.807) is 36.9 Å². The first-order valence-corrected chi connectivity index (χ1v) is 24.9. The van der Waals surface area contributed by atoms with Gasteiger partial charge in [-0.05, 0) is 92.2 Å². The Balaban J connectivity index is 1.18. The zero-order chi connectivity index (χ0) is 43.9. The molecule has 8 rings (SSSR count). The topological polar surface area (TPSA) is 82.4 Å². The van der Waals surface area contributed by atoms with E-state index in [2.05, 4.69) is 129 Å². The van der Waals surface area contributed by atoms with Crippen LogP contribution in [-0.2, 0) is 24.1 Å². The fourth-order valence-corrected chi connectivity index (χ4v) is 13.4. The van der Waals surface area contributed by atoms with Crippen LogP contribution in [0.5, 0.6) is 11.5 Å². The van der Waals surface area contributed by atoms with Crippen LogP contribution in [0.25, 0.3) is 30.3 Å². The van der Waals surface area contributed by atoms with Crippen LogP contribution in [0.2, 0.25) is 0 Å². The van der Waals surface area contributed by atoms with E-state index in [4.69, 9.17) is 28.0 Å². The third-order valence-electron chi connectivity index (χ3n) is 11.3. The van der Waals surface area contributed by atoms with Gasteiger partial charge in [-0.3, -0.25) is 0 Å². The second-order valence-electron chi connectivity index (χ2n) is 15.9. The predicted octanol–water partition coefficient (Wildman–Crippen LogP) is 13.9. The van der Waals surface area contributed by atoms with Gasteiger partial charge in [-0.1, -0.05) is 84.9 Å². The van der Waals surface area contributed by atoms with Crippen LogP contribution < -0.4 is 9.47 Å². The standard InChI is InChI=1S/C51H53N2O6PS3/c1-34(2)53(35(3)4)60(57-30-13-29-52)59-43-32-44(46-27-28-48(62-46)50-42-17-11-10-16-41(42)49(63-50)47-18-12-31-61-47)58-45(43)33-56-51(36-14-8-7-9-15-36,37-19-23-39(54-5)24-20-37)38-21-25-40(55-6)26-22-38/h7-12,14-28,31,34-35,43-45H,13,30,32-33H2,1-6H3/t43-,44-,45+,60?/m0/s1. The molecule has 1 fully saturated rings. The summed E-state index contributed by atoms with van der Waals surface area (Å²) in [5, 5.41) is 14.2. The summed E-state index contributed by atoms with van der Waals surface area (Å²) in [7, 11) is 1.79. The first-order chi connectivity index (χ1) is 30.7. The average Bonchev–Trinajstić information content (AvgIpc) is 4.15. The van der Waals surface area contributed by atoms with E-state index < -0.39 is 20.2 Å². The van der Waals surface area contributed by atoms with Crippen molar-refractivity contribution in [2.24, 2.45) is 0 Å². The lowest BCUT2D eigenvalue weighted by Gasteiger charge is -2.39. The Morgan fingerprint density at radius 1 is 0.730 bits per heavy atom. The molecule has 0 amide bonds. The lowest BCUT2D eigenvalue weighted by atomic mass is 9.80. The molecule has 1 aliphatic heterocycles. The Kier molecular flexibility index (Phi) is 14.8. The van der Waals surface area contributed by atoms with Gasteiger partial charge in [-0.15, -0.1) is 34.0 Å². The number of hydrogen-bond acceptors (Lipinski definition) is 11. The Hall–Kier alpha value is -4.44. The maximum atomic E-state index is 9.48. The van der Waals surface area contributed by atoms with Crippen molar-refractivity contribution in [2.75, 3.05) is 27.4 Å². The predicted molar refractivity (Wildman–Crippen MR) is 259 cm³/mol. The van der Waals surface area contributed by atoms with Gasteiger partial charge in [0.25, 0.3) is 8.53 Å².